The lowest BCUT2D eigenvalue weighted by atomic mass is 10.1. The zero-order valence-electron chi connectivity index (χ0n) is 12.1. The first-order valence-corrected chi connectivity index (χ1v) is 9.00. The maximum absolute atomic E-state index is 12.8. The number of hydrogen-bond donors (Lipinski definition) is 0. The number of sulfonamides is 1. The van der Waals surface area contributed by atoms with Crippen molar-refractivity contribution in [3.8, 4) is 0 Å². The summed E-state index contributed by atoms with van der Waals surface area (Å²) in [6.45, 7) is 1.99. The second-order valence-electron chi connectivity index (χ2n) is 5.48. The van der Waals surface area contributed by atoms with Crippen molar-refractivity contribution in [3.05, 3.63) is 29.3 Å². The number of hydrogen-bond acceptors (Lipinski definition) is 3. The van der Waals surface area contributed by atoms with Crippen LogP contribution in [-0.2, 0) is 14.8 Å². The summed E-state index contributed by atoms with van der Waals surface area (Å²) >= 11 is 5.82. The van der Waals surface area contributed by atoms with Crippen molar-refractivity contribution in [1.29, 1.82) is 0 Å². The van der Waals surface area contributed by atoms with Crippen LogP contribution < -0.4 is 0 Å². The fourth-order valence-electron chi connectivity index (χ4n) is 2.75. The van der Waals surface area contributed by atoms with E-state index in [4.69, 9.17) is 11.6 Å². The van der Waals surface area contributed by atoms with Crippen molar-refractivity contribution in [2.75, 3.05) is 6.54 Å². The molecule has 2 rings (SSSR count). The highest BCUT2D eigenvalue weighted by Crippen LogP contribution is 2.27. The maximum atomic E-state index is 12.8. The van der Waals surface area contributed by atoms with E-state index in [0.717, 1.165) is 25.7 Å². The Kier molecular flexibility index (Phi) is 5.41. The third kappa shape index (κ3) is 4.05. The van der Waals surface area contributed by atoms with Crippen molar-refractivity contribution >= 4 is 27.4 Å². The Morgan fingerprint density at radius 3 is 2.52 bits per heavy atom. The van der Waals surface area contributed by atoms with Crippen molar-refractivity contribution in [1.82, 2.24) is 4.31 Å². The zero-order chi connectivity index (χ0) is 15.5. The largest absolute Gasteiger partial charge is 0.300 e. The van der Waals surface area contributed by atoms with Gasteiger partial charge in [0.1, 0.15) is 5.78 Å². The van der Waals surface area contributed by atoms with Gasteiger partial charge in [-0.2, -0.15) is 4.31 Å². The summed E-state index contributed by atoms with van der Waals surface area (Å²) in [5, 5.41) is 0.505. The number of halogens is 1. The van der Waals surface area contributed by atoms with Gasteiger partial charge in [-0.1, -0.05) is 24.4 Å². The molecule has 1 heterocycles. The molecule has 1 saturated heterocycles. The first-order chi connectivity index (χ1) is 9.91. The molecule has 1 aromatic carbocycles. The van der Waals surface area contributed by atoms with Gasteiger partial charge in [0.05, 0.1) is 4.90 Å². The Morgan fingerprint density at radius 2 is 1.90 bits per heavy atom. The molecule has 1 aromatic rings. The van der Waals surface area contributed by atoms with E-state index in [0.29, 0.717) is 11.6 Å². The fraction of sp³-hybridized carbons (Fsp3) is 0.533. The zero-order valence-corrected chi connectivity index (χ0v) is 13.7. The quantitative estimate of drug-likeness (QED) is 0.852. The minimum Gasteiger partial charge on any atom is -0.300 e. The van der Waals surface area contributed by atoms with Crippen molar-refractivity contribution in [2.45, 2.75) is 50.0 Å². The molecule has 1 atom stereocenters. The summed E-state index contributed by atoms with van der Waals surface area (Å²) in [6, 6.07) is 5.96. The summed E-state index contributed by atoms with van der Waals surface area (Å²) < 4.78 is 27.1. The van der Waals surface area contributed by atoms with E-state index in [1.165, 1.54) is 23.4 Å². The van der Waals surface area contributed by atoms with Crippen LogP contribution in [0.5, 0.6) is 0 Å². The van der Waals surface area contributed by atoms with E-state index in [1.54, 1.807) is 12.1 Å². The molecular formula is C15H20ClNO3S. The van der Waals surface area contributed by atoms with E-state index in [9.17, 15) is 13.2 Å². The summed E-state index contributed by atoms with van der Waals surface area (Å²) in [5.41, 5.74) is 0. The van der Waals surface area contributed by atoms with Crippen LogP contribution in [0.4, 0.5) is 0 Å². The molecule has 0 aliphatic carbocycles. The summed E-state index contributed by atoms with van der Waals surface area (Å²) in [4.78, 5) is 11.7. The number of rotatable bonds is 4. The number of benzene rings is 1. The van der Waals surface area contributed by atoms with Crippen LogP contribution in [0, 0.1) is 0 Å². The molecule has 1 aliphatic heterocycles. The van der Waals surface area contributed by atoms with Crippen LogP contribution in [0.3, 0.4) is 0 Å². The molecular weight excluding hydrogens is 310 g/mol. The molecule has 4 nitrogen and oxygen atoms in total. The van der Waals surface area contributed by atoms with Crippen molar-refractivity contribution in [3.63, 3.8) is 0 Å². The van der Waals surface area contributed by atoms with E-state index >= 15 is 0 Å². The minimum absolute atomic E-state index is 0.0261. The van der Waals surface area contributed by atoms with Gasteiger partial charge in [0.15, 0.2) is 0 Å². The predicted octanol–water partition coefficient (Wildman–Crippen LogP) is 3.25. The highest BCUT2D eigenvalue weighted by Gasteiger charge is 2.32. The van der Waals surface area contributed by atoms with Gasteiger partial charge in [0.2, 0.25) is 10.0 Å². The van der Waals surface area contributed by atoms with Gasteiger partial charge in [-0.25, -0.2) is 8.42 Å². The second kappa shape index (κ2) is 6.90. The number of nitrogens with zero attached hydrogens (tertiary/aromatic N) is 1. The average Bonchev–Trinajstić information content (AvgIpc) is 2.64. The van der Waals surface area contributed by atoms with Crippen LogP contribution in [0.1, 0.15) is 39.0 Å². The van der Waals surface area contributed by atoms with Gasteiger partial charge in [-0.15, -0.1) is 0 Å². The molecule has 0 radical (unpaired) electrons. The van der Waals surface area contributed by atoms with Gasteiger partial charge < -0.3 is 0 Å². The topological polar surface area (TPSA) is 54.5 Å². The molecule has 0 aromatic heterocycles. The summed E-state index contributed by atoms with van der Waals surface area (Å²) in [5.74, 6) is 0.0261. The Hall–Kier alpha value is -0.910. The monoisotopic (exact) mass is 329 g/mol. The van der Waals surface area contributed by atoms with Gasteiger partial charge in [0, 0.05) is 24.0 Å². The normalized spacial score (nSPS) is 21.0. The van der Waals surface area contributed by atoms with Crippen LogP contribution in [0.2, 0.25) is 5.02 Å². The Morgan fingerprint density at radius 1 is 1.24 bits per heavy atom. The molecule has 0 spiro atoms. The van der Waals surface area contributed by atoms with E-state index < -0.39 is 10.0 Å². The van der Waals surface area contributed by atoms with Gasteiger partial charge in [-0.05, 0) is 44.0 Å². The lowest BCUT2D eigenvalue weighted by Crippen LogP contribution is -2.40. The minimum atomic E-state index is -3.57. The van der Waals surface area contributed by atoms with Crippen LogP contribution in [0.15, 0.2) is 29.2 Å². The SMILES string of the molecule is CC(=O)CC1CCCCCN1S(=O)(=O)c1ccc(Cl)cc1. The molecule has 0 bridgehead atoms. The van der Waals surface area contributed by atoms with Crippen LogP contribution in [-0.4, -0.2) is 31.1 Å². The molecule has 1 unspecified atom stereocenters. The highest BCUT2D eigenvalue weighted by molar-refractivity contribution is 7.89. The standard InChI is InChI=1S/C15H20ClNO3S/c1-12(18)11-14-5-3-2-4-10-17(14)21(19,20)15-8-6-13(16)7-9-15/h6-9,14H,2-5,10-11H2,1H3. The number of Topliss-reactive ketones (excluding diaryl/α,β-unsaturated/α-hetero) is 1. The van der Waals surface area contributed by atoms with Crippen molar-refractivity contribution in [2.24, 2.45) is 0 Å². The average molecular weight is 330 g/mol. The summed E-state index contributed by atoms with van der Waals surface area (Å²) in [6.07, 6.45) is 3.83. The molecule has 1 aliphatic rings. The summed E-state index contributed by atoms with van der Waals surface area (Å²) in [7, 11) is -3.57. The van der Waals surface area contributed by atoms with Gasteiger partial charge >= 0.3 is 0 Å². The predicted molar refractivity (Wildman–Crippen MR) is 82.9 cm³/mol. The highest BCUT2D eigenvalue weighted by atomic mass is 35.5. The molecule has 0 N–H and O–H groups in total. The van der Waals surface area contributed by atoms with Crippen molar-refractivity contribution < 1.29 is 13.2 Å². The number of ketones is 1. The Balaban J connectivity index is 2.33. The Labute approximate surface area is 131 Å². The van der Waals surface area contributed by atoms with Gasteiger partial charge in [0.25, 0.3) is 0 Å². The molecule has 6 heteroatoms. The lowest BCUT2D eigenvalue weighted by molar-refractivity contribution is -0.117. The second-order valence-corrected chi connectivity index (χ2v) is 7.81. The van der Waals surface area contributed by atoms with Gasteiger partial charge in [-0.3, -0.25) is 4.79 Å². The number of carbonyl (C=O) groups is 1. The molecule has 0 amide bonds. The van der Waals surface area contributed by atoms with Crippen LogP contribution in [0.25, 0.3) is 0 Å². The Bertz CT molecular complexity index is 598. The molecule has 21 heavy (non-hydrogen) atoms. The molecule has 1 fully saturated rings. The third-order valence-corrected chi connectivity index (χ3v) is 5.98. The lowest BCUT2D eigenvalue weighted by Gasteiger charge is -2.28. The van der Waals surface area contributed by atoms with E-state index in [2.05, 4.69) is 0 Å². The van der Waals surface area contributed by atoms with Crippen LogP contribution >= 0.6 is 11.6 Å². The van der Waals surface area contributed by atoms with E-state index in [1.807, 2.05) is 0 Å². The smallest absolute Gasteiger partial charge is 0.243 e. The van der Waals surface area contributed by atoms with E-state index in [-0.39, 0.29) is 23.1 Å². The fourth-order valence-corrected chi connectivity index (χ4v) is 4.56. The third-order valence-electron chi connectivity index (χ3n) is 3.77. The maximum Gasteiger partial charge on any atom is 0.243 e. The molecule has 0 saturated carbocycles. The number of carbonyl (C=O) groups excluding carboxylic acids is 1. The molecule has 116 valence electrons. The first kappa shape index (κ1) is 16.5. The first-order valence-electron chi connectivity index (χ1n) is 7.18.